The lowest BCUT2D eigenvalue weighted by Gasteiger charge is -2.15. The van der Waals surface area contributed by atoms with E-state index in [4.69, 9.17) is 0 Å². The minimum absolute atomic E-state index is 0.201. The van der Waals surface area contributed by atoms with Crippen molar-refractivity contribution < 1.29 is 0 Å². The minimum atomic E-state index is 0.201. The Balaban J connectivity index is 1.86. The van der Waals surface area contributed by atoms with E-state index in [2.05, 4.69) is 55.3 Å². The lowest BCUT2D eigenvalue weighted by molar-refractivity contribution is 0.536. The van der Waals surface area contributed by atoms with Gasteiger partial charge in [0.25, 0.3) is 0 Å². The maximum atomic E-state index is 4.61. The van der Waals surface area contributed by atoms with Crippen molar-refractivity contribution >= 4 is 16.9 Å². The van der Waals surface area contributed by atoms with Crippen LogP contribution in [0.5, 0.6) is 0 Å². The predicted molar refractivity (Wildman–Crippen MR) is 76.9 cm³/mol. The van der Waals surface area contributed by atoms with Crippen molar-refractivity contribution in [3.05, 3.63) is 35.4 Å². The average molecular weight is 248 g/mol. The van der Waals surface area contributed by atoms with E-state index < -0.39 is 0 Å². The van der Waals surface area contributed by atoms with Gasteiger partial charge in [-0.05, 0) is 32.8 Å². The molecule has 1 aromatic carbocycles. The van der Waals surface area contributed by atoms with E-state index in [1.54, 1.807) is 0 Å². The molecule has 2 nitrogen and oxygen atoms in total. The summed E-state index contributed by atoms with van der Waals surface area (Å²) in [7, 11) is 0. The third kappa shape index (κ3) is 3.77. The van der Waals surface area contributed by atoms with Gasteiger partial charge in [0.1, 0.15) is 0 Å². The number of benzene rings is 1. The number of aliphatic imine (C=N–C) groups is 1. The minimum Gasteiger partial charge on any atom is -0.359 e. The number of hydrogen-bond acceptors (Lipinski definition) is 2. The van der Waals surface area contributed by atoms with Crippen LogP contribution in [0.3, 0.4) is 0 Å². The summed E-state index contributed by atoms with van der Waals surface area (Å²) in [6.07, 6.45) is 1.02. The molecular weight excluding hydrogens is 228 g/mol. The molecule has 92 valence electrons. The lowest BCUT2D eigenvalue weighted by atomic mass is 10.1. The monoisotopic (exact) mass is 248 g/mol. The molecule has 1 aliphatic rings. The molecule has 1 aromatic rings. The fraction of sp³-hybridized carbons (Fsp3) is 0.500. The molecule has 0 spiro atoms. The summed E-state index contributed by atoms with van der Waals surface area (Å²) in [6.45, 7) is 7.42. The second-order valence-electron chi connectivity index (χ2n) is 5.22. The van der Waals surface area contributed by atoms with Crippen LogP contribution in [0.1, 0.15) is 25.0 Å². The summed E-state index contributed by atoms with van der Waals surface area (Å²) < 4.78 is 0. The van der Waals surface area contributed by atoms with Gasteiger partial charge in [0.15, 0.2) is 5.17 Å². The summed E-state index contributed by atoms with van der Waals surface area (Å²) in [5, 5.41) is 4.54. The first-order valence-corrected chi connectivity index (χ1v) is 7.05. The summed E-state index contributed by atoms with van der Waals surface area (Å²) >= 11 is 1.83. The van der Waals surface area contributed by atoms with Gasteiger partial charge in [0.2, 0.25) is 0 Å². The number of hydrogen-bond donors (Lipinski definition) is 1. The second-order valence-corrected chi connectivity index (χ2v) is 6.19. The standard InChI is InChI=1S/C14H20N2S/c1-11-5-4-6-12(9-11)7-8-15-13-16-14(2,3)10-17-13/h4-6,9H,7-8,10H2,1-3H3,(H,15,16). The van der Waals surface area contributed by atoms with Crippen LogP contribution >= 0.6 is 11.8 Å². The van der Waals surface area contributed by atoms with E-state index in [0.29, 0.717) is 0 Å². The fourth-order valence-electron chi connectivity index (χ4n) is 1.85. The first kappa shape index (κ1) is 12.5. The largest absolute Gasteiger partial charge is 0.359 e. The number of thioether (sulfide) groups is 1. The van der Waals surface area contributed by atoms with E-state index in [-0.39, 0.29) is 5.54 Å². The highest BCUT2D eigenvalue weighted by molar-refractivity contribution is 8.14. The van der Waals surface area contributed by atoms with E-state index >= 15 is 0 Å². The molecule has 1 saturated heterocycles. The average Bonchev–Trinajstić information content (AvgIpc) is 2.58. The molecule has 1 heterocycles. The van der Waals surface area contributed by atoms with Gasteiger partial charge < -0.3 is 5.32 Å². The van der Waals surface area contributed by atoms with Crippen molar-refractivity contribution in [2.75, 3.05) is 12.3 Å². The highest BCUT2D eigenvalue weighted by atomic mass is 32.2. The molecule has 0 atom stereocenters. The Kier molecular flexibility index (Phi) is 3.77. The van der Waals surface area contributed by atoms with Crippen LogP contribution in [-0.4, -0.2) is 23.0 Å². The van der Waals surface area contributed by atoms with Crippen molar-refractivity contribution in [2.24, 2.45) is 4.99 Å². The van der Waals surface area contributed by atoms with Crippen LogP contribution in [0.4, 0.5) is 0 Å². The van der Waals surface area contributed by atoms with Gasteiger partial charge in [0.05, 0.1) is 0 Å². The lowest BCUT2D eigenvalue weighted by Crippen LogP contribution is -2.36. The molecule has 17 heavy (non-hydrogen) atoms. The second kappa shape index (κ2) is 5.13. The zero-order chi connectivity index (χ0) is 12.3. The van der Waals surface area contributed by atoms with E-state index in [0.717, 1.165) is 23.9 Å². The number of nitrogens with zero attached hydrogens (tertiary/aromatic N) is 1. The molecule has 0 aliphatic carbocycles. The van der Waals surface area contributed by atoms with Gasteiger partial charge in [0, 0.05) is 17.8 Å². The third-order valence-corrected chi connectivity index (χ3v) is 4.12. The van der Waals surface area contributed by atoms with E-state index in [1.165, 1.54) is 11.1 Å². The number of nitrogens with one attached hydrogen (secondary N) is 1. The van der Waals surface area contributed by atoms with Crippen LogP contribution in [0, 0.1) is 6.92 Å². The molecule has 0 aromatic heterocycles. The smallest absolute Gasteiger partial charge is 0.157 e. The maximum Gasteiger partial charge on any atom is 0.157 e. The van der Waals surface area contributed by atoms with Gasteiger partial charge >= 0.3 is 0 Å². The molecule has 1 N–H and O–H groups in total. The van der Waals surface area contributed by atoms with Crippen LogP contribution in [0.15, 0.2) is 29.3 Å². The highest BCUT2D eigenvalue weighted by Gasteiger charge is 2.26. The van der Waals surface area contributed by atoms with Crippen molar-refractivity contribution in [1.29, 1.82) is 0 Å². The van der Waals surface area contributed by atoms with Gasteiger partial charge in [-0.3, -0.25) is 4.99 Å². The molecule has 1 fully saturated rings. The first-order valence-electron chi connectivity index (χ1n) is 6.06. The zero-order valence-electron chi connectivity index (χ0n) is 10.8. The first-order chi connectivity index (χ1) is 8.05. The molecule has 0 radical (unpaired) electrons. The van der Waals surface area contributed by atoms with Crippen LogP contribution in [-0.2, 0) is 6.42 Å². The van der Waals surface area contributed by atoms with Crippen LogP contribution in [0.2, 0.25) is 0 Å². The van der Waals surface area contributed by atoms with Gasteiger partial charge in [-0.1, -0.05) is 41.6 Å². The van der Waals surface area contributed by atoms with Crippen molar-refractivity contribution in [3.63, 3.8) is 0 Å². The number of amidine groups is 1. The number of rotatable bonds is 3. The molecule has 0 amide bonds. The summed E-state index contributed by atoms with van der Waals surface area (Å²) in [5.41, 5.74) is 2.90. The van der Waals surface area contributed by atoms with Crippen molar-refractivity contribution in [1.82, 2.24) is 5.32 Å². The Bertz CT molecular complexity index is 424. The predicted octanol–water partition coefficient (Wildman–Crippen LogP) is 3.01. The topological polar surface area (TPSA) is 24.4 Å². The van der Waals surface area contributed by atoms with E-state index in [9.17, 15) is 0 Å². The van der Waals surface area contributed by atoms with Crippen molar-refractivity contribution in [3.8, 4) is 0 Å². The Hall–Kier alpha value is -0.960. The van der Waals surface area contributed by atoms with Gasteiger partial charge in [-0.15, -0.1) is 0 Å². The normalized spacial score (nSPS) is 20.5. The van der Waals surface area contributed by atoms with E-state index in [1.807, 2.05) is 11.8 Å². The van der Waals surface area contributed by atoms with Crippen LogP contribution < -0.4 is 5.32 Å². The molecule has 0 saturated carbocycles. The van der Waals surface area contributed by atoms with Crippen LogP contribution in [0.25, 0.3) is 0 Å². The molecule has 3 heteroatoms. The molecule has 1 aliphatic heterocycles. The zero-order valence-corrected chi connectivity index (χ0v) is 11.6. The number of aryl methyl sites for hydroxylation is 1. The SMILES string of the molecule is Cc1cccc(CCN=C2NC(C)(C)CS2)c1. The van der Waals surface area contributed by atoms with Gasteiger partial charge in [-0.2, -0.15) is 0 Å². The summed E-state index contributed by atoms with van der Waals surface area (Å²) in [6, 6.07) is 8.65. The summed E-state index contributed by atoms with van der Waals surface area (Å²) in [4.78, 5) is 4.61. The third-order valence-electron chi connectivity index (χ3n) is 2.75. The molecule has 2 rings (SSSR count). The Morgan fingerprint density at radius 3 is 2.88 bits per heavy atom. The fourth-order valence-corrected chi connectivity index (χ4v) is 2.95. The Morgan fingerprint density at radius 2 is 2.24 bits per heavy atom. The Labute approximate surface area is 108 Å². The molecule has 0 bridgehead atoms. The molecule has 0 unspecified atom stereocenters. The molecular formula is C14H20N2S. The quantitative estimate of drug-likeness (QED) is 0.889. The van der Waals surface area contributed by atoms with Gasteiger partial charge in [-0.25, -0.2) is 0 Å². The Morgan fingerprint density at radius 1 is 1.41 bits per heavy atom. The highest BCUT2D eigenvalue weighted by Crippen LogP contribution is 2.21. The van der Waals surface area contributed by atoms with Crippen molar-refractivity contribution in [2.45, 2.75) is 32.7 Å². The maximum absolute atomic E-state index is 4.61. The summed E-state index contributed by atoms with van der Waals surface area (Å²) in [5.74, 6) is 1.11.